The second kappa shape index (κ2) is 8.74. The van der Waals surface area contributed by atoms with Gasteiger partial charge in [0.25, 0.3) is 0 Å². The maximum Gasteiger partial charge on any atom is 0.244 e. The van der Waals surface area contributed by atoms with Crippen molar-refractivity contribution >= 4 is 39.1 Å². The SMILES string of the molecule is COc1ccc(/C=C/C=C2\N=C(SCc3ccccc3)SC2=O)cc1. The number of carbonyl (C=O) groups is 1. The molecule has 0 amide bonds. The molecule has 0 N–H and O–H groups in total. The van der Waals surface area contributed by atoms with Gasteiger partial charge in [0, 0.05) is 5.75 Å². The zero-order chi connectivity index (χ0) is 17.5. The molecule has 1 aliphatic heterocycles. The lowest BCUT2D eigenvalue weighted by atomic mass is 10.2. The Balaban J connectivity index is 1.60. The first-order chi connectivity index (χ1) is 12.2. The van der Waals surface area contributed by atoms with Gasteiger partial charge in [-0.25, -0.2) is 4.99 Å². The van der Waals surface area contributed by atoms with Crippen LogP contribution in [0.5, 0.6) is 5.75 Å². The molecule has 3 rings (SSSR count). The Morgan fingerprint density at radius 2 is 1.88 bits per heavy atom. The van der Waals surface area contributed by atoms with E-state index in [1.165, 1.54) is 17.3 Å². The van der Waals surface area contributed by atoms with Crippen molar-refractivity contribution in [2.75, 3.05) is 7.11 Å². The Labute approximate surface area is 155 Å². The second-order valence-corrected chi connectivity index (χ2v) is 7.41. The van der Waals surface area contributed by atoms with Crippen LogP contribution >= 0.6 is 23.5 Å². The lowest BCUT2D eigenvalue weighted by Gasteiger charge is -1.98. The van der Waals surface area contributed by atoms with E-state index in [4.69, 9.17) is 4.74 Å². The number of hydrogen-bond donors (Lipinski definition) is 0. The Morgan fingerprint density at radius 3 is 2.60 bits per heavy atom. The van der Waals surface area contributed by atoms with Crippen molar-refractivity contribution in [3.63, 3.8) is 0 Å². The molecule has 126 valence electrons. The van der Waals surface area contributed by atoms with E-state index >= 15 is 0 Å². The predicted octanol–water partition coefficient (Wildman–Crippen LogP) is 5.16. The van der Waals surface area contributed by atoms with Crippen molar-refractivity contribution in [2.24, 2.45) is 4.99 Å². The van der Waals surface area contributed by atoms with Gasteiger partial charge in [-0.2, -0.15) is 0 Å². The van der Waals surface area contributed by atoms with E-state index in [2.05, 4.69) is 17.1 Å². The van der Waals surface area contributed by atoms with E-state index in [1.807, 2.05) is 54.6 Å². The number of ether oxygens (including phenoxy) is 1. The van der Waals surface area contributed by atoms with Crippen molar-refractivity contribution < 1.29 is 9.53 Å². The highest BCUT2D eigenvalue weighted by Gasteiger charge is 2.21. The van der Waals surface area contributed by atoms with Crippen LogP contribution in [-0.2, 0) is 10.5 Å². The van der Waals surface area contributed by atoms with Crippen molar-refractivity contribution in [2.45, 2.75) is 5.75 Å². The molecule has 25 heavy (non-hydrogen) atoms. The van der Waals surface area contributed by atoms with E-state index in [1.54, 1.807) is 24.9 Å². The first-order valence-corrected chi connectivity index (χ1v) is 9.55. The minimum atomic E-state index is -0.00468. The van der Waals surface area contributed by atoms with Crippen molar-refractivity contribution in [3.8, 4) is 5.75 Å². The average Bonchev–Trinajstić information content (AvgIpc) is 3.01. The molecule has 0 aromatic heterocycles. The largest absolute Gasteiger partial charge is 0.497 e. The number of thioether (sulfide) groups is 2. The molecule has 0 saturated carbocycles. The van der Waals surface area contributed by atoms with Gasteiger partial charge in [0.1, 0.15) is 15.8 Å². The summed E-state index contributed by atoms with van der Waals surface area (Å²) in [6.07, 6.45) is 5.55. The number of hydrogen-bond acceptors (Lipinski definition) is 5. The highest BCUT2D eigenvalue weighted by molar-refractivity contribution is 8.45. The standard InChI is InChI=1S/C20H17NO2S2/c1-23-17-12-10-15(11-13-17)8-5-9-18-19(22)25-20(21-18)24-14-16-6-3-2-4-7-16/h2-13H,14H2,1H3/b8-5+,18-9-. The van der Waals surface area contributed by atoms with E-state index < -0.39 is 0 Å². The van der Waals surface area contributed by atoms with Gasteiger partial charge in [-0.15, -0.1) is 0 Å². The molecule has 0 spiro atoms. The molecule has 1 aliphatic rings. The molecular formula is C20H17NO2S2. The first-order valence-electron chi connectivity index (χ1n) is 7.74. The van der Waals surface area contributed by atoms with Crippen LogP contribution in [0.4, 0.5) is 0 Å². The van der Waals surface area contributed by atoms with Gasteiger partial charge in [-0.3, -0.25) is 4.79 Å². The van der Waals surface area contributed by atoms with Gasteiger partial charge in [0.2, 0.25) is 5.12 Å². The first kappa shape index (κ1) is 17.6. The zero-order valence-electron chi connectivity index (χ0n) is 13.7. The number of aliphatic imine (C=N–C) groups is 1. The van der Waals surface area contributed by atoms with E-state index in [0.29, 0.717) is 5.70 Å². The molecule has 0 saturated heterocycles. The summed E-state index contributed by atoms with van der Waals surface area (Å²) in [6.45, 7) is 0. The summed E-state index contributed by atoms with van der Waals surface area (Å²) in [6, 6.07) is 17.9. The van der Waals surface area contributed by atoms with Gasteiger partial charge >= 0.3 is 0 Å². The van der Waals surface area contributed by atoms with Gasteiger partial charge in [0.15, 0.2) is 0 Å². The molecule has 0 fully saturated rings. The van der Waals surface area contributed by atoms with Crippen molar-refractivity contribution in [1.29, 1.82) is 0 Å². The fourth-order valence-electron chi connectivity index (χ4n) is 2.15. The molecule has 0 atom stereocenters. The molecular weight excluding hydrogens is 350 g/mol. The fourth-order valence-corrected chi connectivity index (χ4v) is 3.96. The fraction of sp³-hybridized carbons (Fsp3) is 0.100. The molecule has 2 aromatic rings. The summed E-state index contributed by atoms with van der Waals surface area (Å²) in [5.41, 5.74) is 2.75. The third kappa shape index (κ3) is 5.11. The van der Waals surface area contributed by atoms with E-state index in [0.717, 1.165) is 21.4 Å². The Hall–Kier alpha value is -2.24. The Morgan fingerprint density at radius 1 is 1.12 bits per heavy atom. The Bertz CT molecular complexity index is 825. The lowest BCUT2D eigenvalue weighted by Crippen LogP contribution is -1.87. The number of benzene rings is 2. The molecule has 0 aliphatic carbocycles. The van der Waals surface area contributed by atoms with Gasteiger partial charge in [0.05, 0.1) is 7.11 Å². The smallest absolute Gasteiger partial charge is 0.244 e. The van der Waals surface area contributed by atoms with Crippen LogP contribution in [0.3, 0.4) is 0 Å². The minimum Gasteiger partial charge on any atom is -0.497 e. The monoisotopic (exact) mass is 367 g/mol. The highest BCUT2D eigenvalue weighted by atomic mass is 32.2. The van der Waals surface area contributed by atoms with Crippen LogP contribution in [0.2, 0.25) is 0 Å². The van der Waals surface area contributed by atoms with Crippen molar-refractivity contribution in [1.82, 2.24) is 0 Å². The van der Waals surface area contributed by atoms with Crippen LogP contribution in [0.25, 0.3) is 6.08 Å². The molecule has 5 heteroatoms. The van der Waals surface area contributed by atoms with Crippen LogP contribution in [-0.4, -0.2) is 16.6 Å². The number of methoxy groups -OCH3 is 1. The number of allylic oxidation sites excluding steroid dienone is 2. The zero-order valence-corrected chi connectivity index (χ0v) is 15.3. The summed E-state index contributed by atoms with van der Waals surface area (Å²) in [5.74, 6) is 1.64. The normalized spacial score (nSPS) is 15.8. The Kier molecular flexibility index (Phi) is 6.14. The summed E-state index contributed by atoms with van der Waals surface area (Å²) in [5, 5.41) is -0.00468. The lowest BCUT2D eigenvalue weighted by molar-refractivity contribution is -0.107. The topological polar surface area (TPSA) is 38.7 Å². The minimum absolute atomic E-state index is 0.00468. The van der Waals surface area contributed by atoms with Crippen molar-refractivity contribution in [3.05, 3.63) is 83.6 Å². The maximum atomic E-state index is 12.0. The number of rotatable bonds is 5. The summed E-state index contributed by atoms with van der Waals surface area (Å²) in [7, 11) is 1.64. The quantitative estimate of drug-likeness (QED) is 0.685. The molecule has 0 radical (unpaired) electrons. The third-order valence-corrected chi connectivity index (χ3v) is 5.54. The predicted molar refractivity (Wildman–Crippen MR) is 108 cm³/mol. The molecule has 3 nitrogen and oxygen atoms in total. The molecule has 0 bridgehead atoms. The summed E-state index contributed by atoms with van der Waals surface area (Å²) >= 11 is 2.79. The maximum absolute atomic E-state index is 12.0. The molecule has 0 unspecified atom stereocenters. The molecule has 1 heterocycles. The van der Waals surface area contributed by atoms with Gasteiger partial charge in [-0.1, -0.05) is 66.4 Å². The van der Waals surface area contributed by atoms with Gasteiger partial charge < -0.3 is 4.74 Å². The number of nitrogens with zero attached hydrogens (tertiary/aromatic N) is 1. The number of carbonyl (C=O) groups excluding carboxylic acids is 1. The van der Waals surface area contributed by atoms with Crippen LogP contribution in [0.1, 0.15) is 11.1 Å². The summed E-state index contributed by atoms with van der Waals surface area (Å²) < 4.78 is 5.94. The summed E-state index contributed by atoms with van der Waals surface area (Å²) in [4.78, 5) is 16.5. The van der Waals surface area contributed by atoms with Crippen LogP contribution < -0.4 is 4.74 Å². The van der Waals surface area contributed by atoms with E-state index in [9.17, 15) is 4.79 Å². The second-order valence-electron chi connectivity index (χ2n) is 5.23. The van der Waals surface area contributed by atoms with Crippen LogP contribution in [0, 0.1) is 0 Å². The van der Waals surface area contributed by atoms with Gasteiger partial charge in [-0.05, 0) is 41.1 Å². The highest BCUT2D eigenvalue weighted by Crippen LogP contribution is 2.31. The average molecular weight is 367 g/mol. The van der Waals surface area contributed by atoms with E-state index in [-0.39, 0.29) is 5.12 Å². The molecule has 2 aromatic carbocycles. The third-order valence-electron chi connectivity index (χ3n) is 3.46. The van der Waals surface area contributed by atoms with Crippen LogP contribution in [0.15, 0.2) is 77.4 Å².